The van der Waals surface area contributed by atoms with Gasteiger partial charge in [-0.25, -0.2) is 4.79 Å². The Kier molecular flexibility index (Phi) is 5.48. The molecule has 1 N–H and O–H groups in total. The molecule has 1 aliphatic rings. The van der Waals surface area contributed by atoms with Crippen molar-refractivity contribution >= 4 is 25.3 Å². The summed E-state index contributed by atoms with van der Waals surface area (Å²) in [4.78, 5) is 27.1. The van der Waals surface area contributed by atoms with Gasteiger partial charge in [0.05, 0.1) is 40.4 Å². The van der Waals surface area contributed by atoms with Crippen LogP contribution in [0.5, 0.6) is 0 Å². The standard InChI is InChI=1S/C19H21N2O6P/c1-11-15(18(22)23)16(13-6-5-7-14(8-13)21(24)25)17(12(2)20-11)28-26-9-19(3,4)10-27-28/h5-8H,9-10H2,1-4H3,(H,22,23). The summed E-state index contributed by atoms with van der Waals surface area (Å²) in [5, 5.41) is 21.6. The number of non-ortho nitro benzene ring substituents is 1. The van der Waals surface area contributed by atoms with Crippen LogP contribution >= 0.6 is 8.38 Å². The van der Waals surface area contributed by atoms with E-state index in [1.165, 1.54) is 18.2 Å². The highest BCUT2D eigenvalue weighted by atomic mass is 31.2. The fourth-order valence-corrected chi connectivity index (χ4v) is 5.06. The smallest absolute Gasteiger partial charge is 0.338 e. The number of benzene rings is 1. The van der Waals surface area contributed by atoms with Crippen LogP contribution in [0, 0.1) is 29.4 Å². The Balaban J connectivity index is 2.25. The van der Waals surface area contributed by atoms with Crippen LogP contribution in [0.2, 0.25) is 0 Å². The highest BCUT2D eigenvalue weighted by Crippen LogP contribution is 2.48. The maximum atomic E-state index is 12.0. The third-order valence-corrected chi connectivity index (χ3v) is 6.05. The Hall–Kier alpha value is -2.41. The molecule has 3 rings (SSSR count). The number of carboxylic acids is 1. The summed E-state index contributed by atoms with van der Waals surface area (Å²) in [7, 11) is -1.56. The molecule has 1 aromatic carbocycles. The van der Waals surface area contributed by atoms with Crippen LogP contribution in [0.4, 0.5) is 5.69 Å². The van der Waals surface area contributed by atoms with Crippen molar-refractivity contribution in [3.8, 4) is 11.1 Å². The van der Waals surface area contributed by atoms with Gasteiger partial charge in [-0.05, 0) is 19.4 Å². The van der Waals surface area contributed by atoms with E-state index in [0.29, 0.717) is 41.0 Å². The zero-order valence-corrected chi connectivity index (χ0v) is 16.9. The van der Waals surface area contributed by atoms with Gasteiger partial charge in [-0.1, -0.05) is 26.0 Å². The van der Waals surface area contributed by atoms with E-state index in [1.54, 1.807) is 19.9 Å². The van der Waals surface area contributed by atoms with Gasteiger partial charge >= 0.3 is 5.97 Å². The second-order valence-electron chi connectivity index (χ2n) is 7.46. The molecule has 2 heterocycles. The molecule has 0 atom stereocenters. The van der Waals surface area contributed by atoms with Crippen molar-refractivity contribution in [2.75, 3.05) is 13.2 Å². The van der Waals surface area contributed by atoms with Crippen molar-refractivity contribution in [3.63, 3.8) is 0 Å². The van der Waals surface area contributed by atoms with Crippen LogP contribution in [0.3, 0.4) is 0 Å². The van der Waals surface area contributed by atoms with Gasteiger partial charge in [0, 0.05) is 23.1 Å². The first-order valence-electron chi connectivity index (χ1n) is 8.66. The summed E-state index contributed by atoms with van der Waals surface area (Å²) in [5.41, 5.74) is 1.46. The first kappa shape index (κ1) is 20.3. The first-order chi connectivity index (χ1) is 13.1. The predicted octanol–water partition coefficient (Wildman–Crippen LogP) is 3.98. The quantitative estimate of drug-likeness (QED) is 0.466. The molecule has 2 aromatic rings. The zero-order chi connectivity index (χ0) is 20.6. The van der Waals surface area contributed by atoms with E-state index >= 15 is 0 Å². The maximum absolute atomic E-state index is 12.0. The third-order valence-electron chi connectivity index (χ3n) is 4.41. The summed E-state index contributed by atoms with van der Waals surface area (Å²) in [6.07, 6.45) is 0. The van der Waals surface area contributed by atoms with E-state index in [1.807, 2.05) is 13.8 Å². The van der Waals surface area contributed by atoms with Crippen molar-refractivity contribution in [2.45, 2.75) is 27.7 Å². The summed E-state index contributed by atoms with van der Waals surface area (Å²) >= 11 is 0. The lowest BCUT2D eigenvalue weighted by molar-refractivity contribution is -0.384. The van der Waals surface area contributed by atoms with E-state index in [4.69, 9.17) is 9.05 Å². The number of hydrogen-bond acceptors (Lipinski definition) is 6. The molecular weight excluding hydrogens is 383 g/mol. The highest BCUT2D eigenvalue weighted by Gasteiger charge is 2.35. The van der Waals surface area contributed by atoms with Gasteiger partial charge in [0.2, 0.25) is 8.38 Å². The van der Waals surface area contributed by atoms with E-state index in [0.717, 1.165) is 0 Å². The average molecular weight is 404 g/mol. The van der Waals surface area contributed by atoms with Crippen LogP contribution in [0.25, 0.3) is 11.1 Å². The lowest BCUT2D eigenvalue weighted by atomic mass is 9.97. The van der Waals surface area contributed by atoms with Gasteiger partial charge in [-0.2, -0.15) is 0 Å². The van der Waals surface area contributed by atoms with Crippen LogP contribution < -0.4 is 5.30 Å². The van der Waals surface area contributed by atoms with Crippen molar-refractivity contribution in [1.82, 2.24) is 4.98 Å². The van der Waals surface area contributed by atoms with Gasteiger partial charge in [-0.3, -0.25) is 15.1 Å². The number of pyridine rings is 1. The number of aromatic nitrogens is 1. The Labute approximate surface area is 163 Å². The van der Waals surface area contributed by atoms with Gasteiger partial charge in [0.15, 0.2) is 0 Å². The Morgan fingerprint density at radius 2 is 1.89 bits per heavy atom. The van der Waals surface area contributed by atoms with Gasteiger partial charge < -0.3 is 14.2 Å². The number of nitro benzene ring substituents is 1. The average Bonchev–Trinajstić information content (AvgIpc) is 2.61. The minimum atomic E-state index is -1.56. The monoisotopic (exact) mass is 404 g/mol. The van der Waals surface area contributed by atoms with Crippen molar-refractivity contribution in [3.05, 3.63) is 51.3 Å². The van der Waals surface area contributed by atoms with E-state index < -0.39 is 19.3 Å². The molecule has 9 heteroatoms. The molecule has 0 amide bonds. The molecule has 0 bridgehead atoms. The summed E-state index contributed by atoms with van der Waals surface area (Å²) in [6.45, 7) is 8.34. The van der Waals surface area contributed by atoms with Crippen LogP contribution in [0.1, 0.15) is 35.6 Å². The molecule has 8 nitrogen and oxygen atoms in total. The molecular formula is C19H21N2O6P. The summed E-state index contributed by atoms with van der Waals surface area (Å²) in [6, 6.07) is 5.92. The number of aromatic carboxylic acids is 1. The minimum Gasteiger partial charge on any atom is -0.478 e. The van der Waals surface area contributed by atoms with E-state index in [-0.39, 0.29) is 16.7 Å². The third kappa shape index (κ3) is 3.90. The lowest BCUT2D eigenvalue weighted by Gasteiger charge is -2.35. The number of rotatable bonds is 4. The molecule has 0 unspecified atom stereocenters. The Bertz CT molecular complexity index is 950. The number of nitrogens with zero attached hydrogens (tertiary/aromatic N) is 2. The Morgan fingerprint density at radius 3 is 2.46 bits per heavy atom. The molecule has 1 saturated heterocycles. The first-order valence-corrected chi connectivity index (χ1v) is 9.84. The molecule has 1 aliphatic heterocycles. The second kappa shape index (κ2) is 7.54. The summed E-state index contributed by atoms with van der Waals surface area (Å²) in [5.74, 6) is -1.15. The topological polar surface area (TPSA) is 112 Å². The molecule has 1 aromatic heterocycles. The van der Waals surface area contributed by atoms with E-state index in [2.05, 4.69) is 4.98 Å². The fraction of sp³-hybridized carbons (Fsp3) is 0.368. The SMILES string of the molecule is Cc1nc(C)c(P2OCC(C)(C)CO2)c(-c2cccc([N+](=O)[O-])c2)c1C(=O)O. The van der Waals surface area contributed by atoms with Gasteiger partial charge in [-0.15, -0.1) is 0 Å². The Morgan fingerprint density at radius 1 is 1.25 bits per heavy atom. The van der Waals surface area contributed by atoms with Crippen LogP contribution in [0.15, 0.2) is 24.3 Å². The molecule has 0 spiro atoms. The zero-order valence-electron chi connectivity index (χ0n) is 16.1. The van der Waals surface area contributed by atoms with Gasteiger partial charge in [0.1, 0.15) is 0 Å². The molecule has 0 radical (unpaired) electrons. The molecule has 28 heavy (non-hydrogen) atoms. The van der Waals surface area contributed by atoms with Gasteiger partial charge in [0.25, 0.3) is 5.69 Å². The van der Waals surface area contributed by atoms with Crippen molar-refractivity contribution in [1.29, 1.82) is 0 Å². The summed E-state index contributed by atoms with van der Waals surface area (Å²) < 4.78 is 11.9. The number of carbonyl (C=O) groups is 1. The lowest BCUT2D eigenvalue weighted by Crippen LogP contribution is -2.32. The molecule has 0 aliphatic carbocycles. The normalized spacial score (nSPS) is 16.7. The molecule has 148 valence electrons. The van der Waals surface area contributed by atoms with Crippen LogP contribution in [-0.4, -0.2) is 34.2 Å². The number of carboxylic acid groups (broad SMARTS) is 1. The van der Waals surface area contributed by atoms with Crippen molar-refractivity contribution < 1.29 is 23.9 Å². The largest absolute Gasteiger partial charge is 0.478 e. The van der Waals surface area contributed by atoms with E-state index in [9.17, 15) is 20.0 Å². The number of hydrogen-bond donors (Lipinski definition) is 1. The minimum absolute atomic E-state index is 0.000585. The highest BCUT2D eigenvalue weighted by molar-refractivity contribution is 7.56. The second-order valence-corrected chi connectivity index (χ2v) is 8.94. The number of nitro groups is 1. The maximum Gasteiger partial charge on any atom is 0.338 e. The molecule has 1 fully saturated rings. The van der Waals surface area contributed by atoms with Crippen LogP contribution in [-0.2, 0) is 9.05 Å². The number of aryl methyl sites for hydroxylation is 2. The van der Waals surface area contributed by atoms with Crippen molar-refractivity contribution in [2.24, 2.45) is 5.41 Å². The fourth-order valence-electron chi connectivity index (χ4n) is 3.06. The molecule has 0 saturated carbocycles. The predicted molar refractivity (Wildman–Crippen MR) is 105 cm³/mol.